The van der Waals surface area contributed by atoms with Crippen LogP contribution in [0.15, 0.2) is 26.9 Å². The summed E-state index contributed by atoms with van der Waals surface area (Å²) in [5.74, 6) is 0.0199. The first-order valence-electron chi connectivity index (χ1n) is 8.48. The molecule has 3 heterocycles. The van der Waals surface area contributed by atoms with Crippen LogP contribution in [0, 0.1) is 0 Å². The number of anilines is 1. The SMILES string of the molecule is Cl.O=C(CN1CCN(C2CCNC2)CC1)Nc1cccc2c1N=S=N2. The van der Waals surface area contributed by atoms with Crippen LogP contribution in [0.4, 0.5) is 17.1 Å². The molecule has 3 aliphatic heterocycles. The number of hydrogen-bond acceptors (Lipinski definition) is 6. The van der Waals surface area contributed by atoms with E-state index in [9.17, 15) is 4.79 Å². The molecule has 9 heteroatoms. The molecular weight excluding hydrogens is 360 g/mol. The minimum atomic E-state index is 0. The van der Waals surface area contributed by atoms with Crippen molar-refractivity contribution >= 4 is 46.7 Å². The Balaban J connectivity index is 0.00000182. The van der Waals surface area contributed by atoms with Gasteiger partial charge >= 0.3 is 0 Å². The third-order valence-corrected chi connectivity index (χ3v) is 5.43. The summed E-state index contributed by atoms with van der Waals surface area (Å²) in [7, 11) is 0. The number of halogens is 1. The van der Waals surface area contributed by atoms with Crippen LogP contribution in [0.5, 0.6) is 0 Å². The van der Waals surface area contributed by atoms with E-state index in [-0.39, 0.29) is 18.3 Å². The topological polar surface area (TPSA) is 72.3 Å². The summed E-state index contributed by atoms with van der Waals surface area (Å²) >= 11 is 1.17. The molecule has 2 fully saturated rings. The second-order valence-electron chi connectivity index (χ2n) is 6.44. The van der Waals surface area contributed by atoms with Crippen molar-refractivity contribution in [3.05, 3.63) is 18.2 Å². The fraction of sp³-hybridized carbons (Fsp3) is 0.562. The molecule has 7 nitrogen and oxygen atoms in total. The maximum absolute atomic E-state index is 12.4. The molecule has 0 spiro atoms. The van der Waals surface area contributed by atoms with E-state index in [1.165, 1.54) is 17.8 Å². The van der Waals surface area contributed by atoms with Crippen molar-refractivity contribution in [2.24, 2.45) is 8.73 Å². The van der Waals surface area contributed by atoms with Gasteiger partial charge in [-0.1, -0.05) is 6.07 Å². The minimum absolute atomic E-state index is 0. The van der Waals surface area contributed by atoms with Crippen molar-refractivity contribution in [1.82, 2.24) is 15.1 Å². The predicted octanol–water partition coefficient (Wildman–Crippen LogP) is 1.75. The second-order valence-corrected chi connectivity index (χ2v) is 6.97. The monoisotopic (exact) mass is 382 g/mol. The molecule has 2 saturated heterocycles. The molecule has 0 radical (unpaired) electrons. The first-order valence-corrected chi connectivity index (χ1v) is 9.21. The molecule has 1 atom stereocenters. The van der Waals surface area contributed by atoms with E-state index in [0.29, 0.717) is 12.6 Å². The zero-order chi connectivity index (χ0) is 16.4. The Bertz CT molecular complexity index is 694. The minimum Gasteiger partial charge on any atom is -0.323 e. The quantitative estimate of drug-likeness (QED) is 0.845. The molecular formula is C16H23ClN6OS. The average molecular weight is 383 g/mol. The fourth-order valence-electron chi connectivity index (χ4n) is 3.54. The highest BCUT2D eigenvalue weighted by molar-refractivity contribution is 7.58. The molecule has 1 unspecified atom stereocenters. The van der Waals surface area contributed by atoms with E-state index in [4.69, 9.17) is 0 Å². The van der Waals surface area contributed by atoms with Gasteiger partial charge in [-0.25, -0.2) is 0 Å². The Morgan fingerprint density at radius 1 is 1.28 bits per heavy atom. The maximum atomic E-state index is 12.4. The smallest absolute Gasteiger partial charge is 0.238 e. The van der Waals surface area contributed by atoms with E-state index >= 15 is 0 Å². The Morgan fingerprint density at radius 2 is 2.12 bits per heavy atom. The summed E-state index contributed by atoms with van der Waals surface area (Å²) in [6, 6.07) is 6.36. The van der Waals surface area contributed by atoms with Gasteiger partial charge in [0.15, 0.2) is 0 Å². The van der Waals surface area contributed by atoms with E-state index in [1.807, 2.05) is 18.2 Å². The van der Waals surface area contributed by atoms with Crippen molar-refractivity contribution in [2.45, 2.75) is 12.5 Å². The van der Waals surface area contributed by atoms with Crippen molar-refractivity contribution in [2.75, 3.05) is 51.1 Å². The van der Waals surface area contributed by atoms with Gasteiger partial charge in [0.1, 0.15) is 11.4 Å². The lowest BCUT2D eigenvalue weighted by Gasteiger charge is -2.37. The van der Waals surface area contributed by atoms with E-state index in [2.05, 4.69) is 29.2 Å². The first-order chi connectivity index (χ1) is 11.8. The lowest BCUT2D eigenvalue weighted by atomic mass is 10.2. The van der Waals surface area contributed by atoms with Crippen LogP contribution in [0.3, 0.4) is 0 Å². The van der Waals surface area contributed by atoms with Crippen LogP contribution < -0.4 is 10.6 Å². The highest BCUT2D eigenvalue weighted by Crippen LogP contribution is 2.38. The average Bonchev–Trinajstić information content (AvgIpc) is 3.27. The van der Waals surface area contributed by atoms with Crippen molar-refractivity contribution < 1.29 is 4.79 Å². The lowest BCUT2D eigenvalue weighted by Crippen LogP contribution is -2.52. The summed E-state index contributed by atoms with van der Waals surface area (Å²) in [6.45, 7) is 6.66. The number of carbonyl (C=O) groups excluding carboxylic acids is 1. The molecule has 0 aliphatic carbocycles. The van der Waals surface area contributed by atoms with Crippen LogP contribution >= 0.6 is 12.4 Å². The predicted molar refractivity (Wildman–Crippen MR) is 103 cm³/mol. The number of rotatable bonds is 4. The zero-order valence-corrected chi connectivity index (χ0v) is 15.6. The molecule has 25 heavy (non-hydrogen) atoms. The van der Waals surface area contributed by atoms with Gasteiger partial charge in [-0.05, 0) is 25.1 Å². The number of piperazine rings is 1. The first kappa shape index (κ1) is 18.5. The van der Waals surface area contributed by atoms with Crippen LogP contribution in [-0.2, 0) is 16.1 Å². The highest BCUT2D eigenvalue weighted by atomic mass is 35.5. The third-order valence-electron chi connectivity index (χ3n) is 4.88. The number of benzene rings is 1. The molecule has 136 valence electrons. The van der Waals surface area contributed by atoms with Gasteiger partial charge in [0, 0.05) is 38.8 Å². The second kappa shape index (κ2) is 8.37. The molecule has 1 amide bonds. The van der Waals surface area contributed by atoms with Gasteiger partial charge in [0.25, 0.3) is 0 Å². The normalized spacial score (nSPS) is 23.0. The largest absolute Gasteiger partial charge is 0.323 e. The van der Waals surface area contributed by atoms with Crippen LogP contribution in [0.25, 0.3) is 0 Å². The van der Waals surface area contributed by atoms with E-state index in [1.54, 1.807) is 0 Å². The van der Waals surface area contributed by atoms with Crippen LogP contribution in [-0.4, -0.2) is 67.6 Å². The van der Waals surface area contributed by atoms with E-state index in [0.717, 1.165) is 56.3 Å². The highest BCUT2D eigenvalue weighted by Gasteiger charge is 2.26. The summed E-state index contributed by atoms with van der Waals surface area (Å²) < 4.78 is 8.47. The van der Waals surface area contributed by atoms with Crippen LogP contribution in [0.2, 0.25) is 0 Å². The standard InChI is InChI=1S/C16H22N6OS.ClH/c23-15(18-13-2-1-3-14-16(13)20-24-19-14)11-21-6-8-22(9-7-21)12-4-5-17-10-12;/h1-3,12,17H,4-11H2,(H,18,23);1H. The number of nitrogens with zero attached hydrogens (tertiary/aromatic N) is 4. The van der Waals surface area contributed by atoms with Gasteiger partial charge in [-0.15, -0.1) is 12.4 Å². The van der Waals surface area contributed by atoms with E-state index < -0.39 is 0 Å². The van der Waals surface area contributed by atoms with Crippen molar-refractivity contribution in [1.29, 1.82) is 0 Å². The maximum Gasteiger partial charge on any atom is 0.238 e. The van der Waals surface area contributed by atoms with Gasteiger partial charge in [0.2, 0.25) is 5.91 Å². The number of hydrogen-bond donors (Lipinski definition) is 2. The molecule has 0 bridgehead atoms. The van der Waals surface area contributed by atoms with Gasteiger partial charge < -0.3 is 10.6 Å². The third kappa shape index (κ3) is 4.27. The molecule has 0 saturated carbocycles. The number of nitrogens with one attached hydrogen (secondary N) is 2. The summed E-state index contributed by atoms with van der Waals surface area (Å²) in [5.41, 5.74) is 2.35. The Morgan fingerprint density at radius 3 is 2.88 bits per heavy atom. The number of amides is 1. The zero-order valence-electron chi connectivity index (χ0n) is 14.0. The van der Waals surface area contributed by atoms with Crippen LogP contribution in [0.1, 0.15) is 6.42 Å². The number of fused-ring (bicyclic) bond motifs is 1. The molecule has 3 aliphatic rings. The fourth-order valence-corrected chi connectivity index (χ4v) is 4.09. The van der Waals surface area contributed by atoms with Crippen molar-refractivity contribution in [3.63, 3.8) is 0 Å². The summed E-state index contributed by atoms with van der Waals surface area (Å²) in [6.07, 6.45) is 1.24. The van der Waals surface area contributed by atoms with Crippen molar-refractivity contribution in [3.8, 4) is 0 Å². The molecule has 1 aromatic carbocycles. The van der Waals surface area contributed by atoms with Gasteiger partial charge in [0.05, 0.1) is 23.6 Å². The van der Waals surface area contributed by atoms with Gasteiger partial charge in [-0.3, -0.25) is 14.6 Å². The lowest BCUT2D eigenvalue weighted by molar-refractivity contribution is -0.117. The molecule has 2 N–H and O–H groups in total. The molecule has 0 aromatic heterocycles. The summed E-state index contributed by atoms with van der Waals surface area (Å²) in [4.78, 5) is 17.1. The molecule has 4 rings (SSSR count). The summed E-state index contributed by atoms with van der Waals surface area (Å²) in [5, 5.41) is 6.41. The van der Waals surface area contributed by atoms with Gasteiger partial charge in [-0.2, -0.15) is 8.73 Å². The Kier molecular flexibility index (Phi) is 6.19. The Hall–Kier alpha value is -1.32. The number of carbonyl (C=O) groups is 1. The molecule has 1 aromatic rings. The Labute approximate surface area is 157 Å².